The Morgan fingerprint density at radius 2 is 1.86 bits per heavy atom. The molecule has 0 saturated carbocycles. The Bertz CT molecular complexity index is 261. The van der Waals surface area contributed by atoms with Gasteiger partial charge in [-0.15, -0.1) is 0 Å². The van der Waals surface area contributed by atoms with Crippen LogP contribution in [-0.4, -0.2) is 35.2 Å². The summed E-state index contributed by atoms with van der Waals surface area (Å²) in [5, 5.41) is 0. The number of nitrogens with two attached hydrogens (primary N) is 2. The summed E-state index contributed by atoms with van der Waals surface area (Å²) in [6.07, 6.45) is 0.738. The lowest BCUT2D eigenvalue weighted by atomic mass is 10.2. The molecule has 14 heavy (non-hydrogen) atoms. The van der Waals surface area contributed by atoms with E-state index >= 15 is 0 Å². The van der Waals surface area contributed by atoms with Gasteiger partial charge in [-0.2, -0.15) is 0 Å². The van der Waals surface area contributed by atoms with E-state index in [4.69, 9.17) is 11.5 Å². The van der Waals surface area contributed by atoms with Gasteiger partial charge in [0.05, 0.1) is 6.04 Å². The molecule has 1 fully saturated rings. The van der Waals surface area contributed by atoms with E-state index in [1.165, 1.54) is 0 Å². The Kier molecular flexibility index (Phi) is 3.19. The molecule has 0 aliphatic carbocycles. The quantitative estimate of drug-likeness (QED) is 0.528. The summed E-state index contributed by atoms with van der Waals surface area (Å²) in [4.78, 5) is 33.9. The summed E-state index contributed by atoms with van der Waals surface area (Å²) in [5.74, 6) is -1.03. The number of carbonyl (C=O) groups is 3. The zero-order chi connectivity index (χ0) is 10.7. The van der Waals surface area contributed by atoms with Gasteiger partial charge >= 0.3 is 0 Å². The summed E-state index contributed by atoms with van der Waals surface area (Å²) in [7, 11) is 0. The molecule has 78 valence electrons. The van der Waals surface area contributed by atoms with Gasteiger partial charge in [-0.1, -0.05) is 0 Å². The minimum absolute atomic E-state index is 0.182. The standard InChI is InChI=1S/C8H13N3O3/c9-5(8(10)14)3-4-11-6(12)1-2-7(11)13/h5H,1-4,9H2,(H2,10,14). The van der Waals surface area contributed by atoms with Crippen molar-refractivity contribution in [3.63, 3.8) is 0 Å². The highest BCUT2D eigenvalue weighted by molar-refractivity contribution is 6.01. The first-order valence-electron chi connectivity index (χ1n) is 4.40. The van der Waals surface area contributed by atoms with Crippen molar-refractivity contribution < 1.29 is 14.4 Å². The third-order valence-electron chi connectivity index (χ3n) is 2.18. The third kappa shape index (κ3) is 2.29. The molecule has 1 atom stereocenters. The van der Waals surface area contributed by atoms with Crippen molar-refractivity contribution in [2.45, 2.75) is 25.3 Å². The smallest absolute Gasteiger partial charge is 0.234 e. The van der Waals surface area contributed by atoms with Gasteiger partial charge in [-0.05, 0) is 6.42 Å². The normalized spacial score (nSPS) is 18.8. The largest absolute Gasteiger partial charge is 0.368 e. The van der Waals surface area contributed by atoms with Gasteiger partial charge < -0.3 is 11.5 Å². The maximum Gasteiger partial charge on any atom is 0.234 e. The number of hydrogen-bond donors (Lipinski definition) is 2. The van der Waals surface area contributed by atoms with Gasteiger partial charge in [-0.3, -0.25) is 19.3 Å². The number of likely N-dealkylation sites (tertiary alicyclic amines) is 1. The molecule has 1 unspecified atom stereocenters. The maximum atomic E-state index is 11.1. The van der Waals surface area contributed by atoms with Crippen molar-refractivity contribution in [3.05, 3.63) is 0 Å². The molecule has 0 aromatic carbocycles. The number of nitrogens with zero attached hydrogens (tertiary/aromatic N) is 1. The predicted octanol–water partition coefficient (Wildman–Crippen LogP) is -1.66. The molecule has 0 bridgehead atoms. The molecule has 1 aliphatic heterocycles. The fraction of sp³-hybridized carbons (Fsp3) is 0.625. The number of primary amides is 1. The molecule has 4 N–H and O–H groups in total. The van der Waals surface area contributed by atoms with Crippen molar-refractivity contribution >= 4 is 17.7 Å². The van der Waals surface area contributed by atoms with Gasteiger partial charge in [0.15, 0.2) is 0 Å². The molecule has 0 radical (unpaired) electrons. The van der Waals surface area contributed by atoms with Crippen LogP contribution in [0.25, 0.3) is 0 Å². The molecule has 1 saturated heterocycles. The Morgan fingerprint density at radius 1 is 1.36 bits per heavy atom. The van der Waals surface area contributed by atoms with Gasteiger partial charge in [0.2, 0.25) is 17.7 Å². The SMILES string of the molecule is NC(=O)C(N)CCN1C(=O)CCC1=O. The Morgan fingerprint density at radius 3 is 2.29 bits per heavy atom. The van der Waals surface area contributed by atoms with E-state index in [0.717, 1.165) is 4.90 Å². The summed E-state index contributed by atoms with van der Waals surface area (Å²) in [5.41, 5.74) is 10.3. The molecule has 1 rings (SSSR count). The number of rotatable bonds is 4. The van der Waals surface area contributed by atoms with Gasteiger partial charge in [-0.25, -0.2) is 0 Å². The molecule has 1 heterocycles. The van der Waals surface area contributed by atoms with Crippen molar-refractivity contribution in [1.29, 1.82) is 0 Å². The van der Waals surface area contributed by atoms with E-state index in [-0.39, 0.29) is 37.6 Å². The second-order valence-electron chi connectivity index (χ2n) is 3.24. The molecule has 0 aromatic heterocycles. The highest BCUT2D eigenvalue weighted by Gasteiger charge is 2.28. The van der Waals surface area contributed by atoms with Crippen LogP contribution in [0.2, 0.25) is 0 Å². The minimum atomic E-state index is -0.795. The monoisotopic (exact) mass is 199 g/mol. The molecule has 6 heteroatoms. The van der Waals surface area contributed by atoms with Crippen LogP contribution in [0, 0.1) is 0 Å². The van der Waals surface area contributed by atoms with Crippen LogP contribution < -0.4 is 11.5 Å². The maximum absolute atomic E-state index is 11.1. The van der Waals surface area contributed by atoms with Crippen LogP contribution in [0.5, 0.6) is 0 Å². The van der Waals surface area contributed by atoms with Gasteiger partial charge in [0, 0.05) is 19.4 Å². The molecule has 0 aromatic rings. The fourth-order valence-corrected chi connectivity index (χ4v) is 1.28. The van der Waals surface area contributed by atoms with Crippen molar-refractivity contribution in [2.24, 2.45) is 11.5 Å². The summed E-state index contributed by atoms with van der Waals surface area (Å²) in [6.45, 7) is 0.182. The summed E-state index contributed by atoms with van der Waals surface area (Å²) in [6, 6.07) is -0.795. The Labute approximate surface area is 81.2 Å². The van der Waals surface area contributed by atoms with E-state index in [9.17, 15) is 14.4 Å². The van der Waals surface area contributed by atoms with Crippen LogP contribution in [0.15, 0.2) is 0 Å². The zero-order valence-electron chi connectivity index (χ0n) is 7.73. The van der Waals surface area contributed by atoms with E-state index in [1.54, 1.807) is 0 Å². The number of amides is 3. The van der Waals surface area contributed by atoms with Crippen molar-refractivity contribution in [1.82, 2.24) is 4.90 Å². The molecule has 6 nitrogen and oxygen atoms in total. The first kappa shape index (κ1) is 10.6. The first-order chi connectivity index (χ1) is 6.52. The number of carbonyl (C=O) groups excluding carboxylic acids is 3. The summed E-state index contributed by atoms with van der Waals surface area (Å²) >= 11 is 0. The summed E-state index contributed by atoms with van der Waals surface area (Å²) < 4.78 is 0. The Hall–Kier alpha value is -1.43. The zero-order valence-corrected chi connectivity index (χ0v) is 7.73. The first-order valence-corrected chi connectivity index (χ1v) is 4.40. The number of hydrogen-bond acceptors (Lipinski definition) is 4. The minimum Gasteiger partial charge on any atom is -0.368 e. The second-order valence-corrected chi connectivity index (χ2v) is 3.24. The van der Waals surface area contributed by atoms with Gasteiger partial charge in [0.1, 0.15) is 0 Å². The molecule has 1 aliphatic rings. The molecular formula is C8H13N3O3. The van der Waals surface area contributed by atoms with E-state index in [2.05, 4.69) is 0 Å². The number of imide groups is 1. The van der Waals surface area contributed by atoms with E-state index in [1.807, 2.05) is 0 Å². The average Bonchev–Trinajstić information content (AvgIpc) is 2.43. The highest BCUT2D eigenvalue weighted by Crippen LogP contribution is 2.11. The lowest BCUT2D eigenvalue weighted by Gasteiger charge is -2.15. The lowest BCUT2D eigenvalue weighted by molar-refractivity contribution is -0.138. The highest BCUT2D eigenvalue weighted by atomic mass is 16.2. The molecular weight excluding hydrogens is 186 g/mol. The Balaban J connectivity index is 2.41. The molecule has 0 spiro atoms. The van der Waals surface area contributed by atoms with Crippen molar-refractivity contribution in [3.8, 4) is 0 Å². The van der Waals surface area contributed by atoms with Crippen molar-refractivity contribution in [2.75, 3.05) is 6.54 Å². The predicted molar refractivity (Wildman–Crippen MR) is 47.7 cm³/mol. The van der Waals surface area contributed by atoms with Crippen LogP contribution in [-0.2, 0) is 14.4 Å². The third-order valence-corrected chi connectivity index (χ3v) is 2.18. The van der Waals surface area contributed by atoms with E-state index < -0.39 is 11.9 Å². The van der Waals surface area contributed by atoms with Crippen LogP contribution in [0.3, 0.4) is 0 Å². The fourth-order valence-electron chi connectivity index (χ4n) is 1.28. The average molecular weight is 199 g/mol. The second kappa shape index (κ2) is 4.19. The lowest BCUT2D eigenvalue weighted by Crippen LogP contribution is -2.40. The van der Waals surface area contributed by atoms with E-state index in [0.29, 0.717) is 0 Å². The van der Waals surface area contributed by atoms with Crippen LogP contribution in [0.1, 0.15) is 19.3 Å². The topological polar surface area (TPSA) is 106 Å². The van der Waals surface area contributed by atoms with Crippen LogP contribution >= 0.6 is 0 Å². The van der Waals surface area contributed by atoms with Gasteiger partial charge in [0.25, 0.3) is 0 Å². The van der Waals surface area contributed by atoms with Crippen LogP contribution in [0.4, 0.5) is 0 Å². The molecule has 3 amide bonds.